The highest BCUT2D eigenvalue weighted by Gasteiger charge is 2.34. The summed E-state index contributed by atoms with van der Waals surface area (Å²) in [5.41, 5.74) is 0.0995. The molecule has 134 valence electrons. The van der Waals surface area contributed by atoms with Gasteiger partial charge in [0, 0.05) is 0 Å². The van der Waals surface area contributed by atoms with E-state index in [4.69, 9.17) is 4.74 Å². The van der Waals surface area contributed by atoms with E-state index < -0.39 is 35.9 Å². The number of amides is 1. The standard InChI is InChI=1S/C17H25NO6/c1-17(2,3)24-16(22)18-12(10-11-8-6-5-7-9-11)13(19)14(20)15(21)23-4/h5-9,12-14,19-20H,10H2,1-4H3,(H,18,22)/t12-,13-,14+/m0/s1. The molecule has 7 heteroatoms. The molecule has 7 nitrogen and oxygen atoms in total. The van der Waals surface area contributed by atoms with Gasteiger partial charge in [-0.3, -0.25) is 0 Å². The Hall–Kier alpha value is -2.12. The number of alkyl carbamates (subject to hydrolysis) is 1. The van der Waals surface area contributed by atoms with E-state index in [9.17, 15) is 19.8 Å². The molecule has 0 aromatic heterocycles. The maximum absolute atomic E-state index is 12.0. The summed E-state index contributed by atoms with van der Waals surface area (Å²) in [6.07, 6.45) is -3.88. The molecule has 0 aliphatic rings. The second kappa shape index (κ2) is 8.65. The Labute approximate surface area is 141 Å². The summed E-state index contributed by atoms with van der Waals surface area (Å²) in [5.74, 6) is -0.980. The minimum atomic E-state index is -1.78. The van der Waals surface area contributed by atoms with Crippen LogP contribution < -0.4 is 5.32 Å². The van der Waals surface area contributed by atoms with Gasteiger partial charge in [-0.2, -0.15) is 0 Å². The summed E-state index contributed by atoms with van der Waals surface area (Å²) in [5, 5.41) is 22.6. The molecule has 0 spiro atoms. The second-order valence-electron chi connectivity index (χ2n) is 6.40. The molecule has 0 bridgehead atoms. The monoisotopic (exact) mass is 339 g/mol. The van der Waals surface area contributed by atoms with Crippen LogP contribution in [-0.4, -0.2) is 53.2 Å². The molecule has 0 aliphatic heterocycles. The average molecular weight is 339 g/mol. The highest BCUT2D eigenvalue weighted by Crippen LogP contribution is 2.12. The van der Waals surface area contributed by atoms with Gasteiger partial charge in [0.2, 0.25) is 0 Å². The van der Waals surface area contributed by atoms with Crippen LogP contribution in [0, 0.1) is 0 Å². The summed E-state index contributed by atoms with van der Waals surface area (Å²) in [6.45, 7) is 5.12. The first-order valence-corrected chi connectivity index (χ1v) is 7.61. The lowest BCUT2D eigenvalue weighted by Crippen LogP contribution is -2.53. The van der Waals surface area contributed by atoms with Crippen molar-refractivity contribution in [2.75, 3.05) is 7.11 Å². The average Bonchev–Trinajstić information content (AvgIpc) is 2.51. The molecule has 0 unspecified atom stereocenters. The van der Waals surface area contributed by atoms with Gasteiger partial charge in [-0.1, -0.05) is 30.3 Å². The lowest BCUT2D eigenvalue weighted by molar-refractivity contribution is -0.157. The largest absolute Gasteiger partial charge is 0.467 e. The number of hydrogen-bond donors (Lipinski definition) is 3. The second-order valence-corrected chi connectivity index (χ2v) is 6.40. The minimum absolute atomic E-state index is 0.204. The fourth-order valence-corrected chi connectivity index (χ4v) is 2.06. The number of carbonyl (C=O) groups is 2. The Balaban J connectivity index is 2.90. The third kappa shape index (κ3) is 6.55. The topological polar surface area (TPSA) is 105 Å². The smallest absolute Gasteiger partial charge is 0.407 e. The summed E-state index contributed by atoms with van der Waals surface area (Å²) >= 11 is 0. The lowest BCUT2D eigenvalue weighted by Gasteiger charge is -2.28. The number of carbonyl (C=O) groups excluding carboxylic acids is 2. The fraction of sp³-hybridized carbons (Fsp3) is 0.529. The Morgan fingerprint density at radius 3 is 2.25 bits per heavy atom. The van der Waals surface area contributed by atoms with Crippen LogP contribution >= 0.6 is 0 Å². The molecule has 24 heavy (non-hydrogen) atoms. The van der Waals surface area contributed by atoms with Crippen LogP contribution in [0.2, 0.25) is 0 Å². The van der Waals surface area contributed by atoms with Crippen molar-refractivity contribution in [1.29, 1.82) is 0 Å². The van der Waals surface area contributed by atoms with Crippen molar-refractivity contribution in [2.45, 2.75) is 51.0 Å². The first-order valence-electron chi connectivity index (χ1n) is 7.61. The summed E-state index contributed by atoms with van der Waals surface area (Å²) < 4.78 is 9.59. The molecule has 3 atom stereocenters. The van der Waals surface area contributed by atoms with Crippen molar-refractivity contribution in [3.63, 3.8) is 0 Å². The number of aliphatic hydroxyl groups excluding tert-OH is 2. The molecule has 0 heterocycles. The van der Waals surface area contributed by atoms with Gasteiger partial charge >= 0.3 is 12.1 Å². The Bertz CT molecular complexity index is 540. The van der Waals surface area contributed by atoms with Crippen LogP contribution in [0.3, 0.4) is 0 Å². The Morgan fingerprint density at radius 2 is 1.75 bits per heavy atom. The molecule has 1 rings (SSSR count). The summed E-state index contributed by atoms with van der Waals surface area (Å²) in [6, 6.07) is 8.13. The number of hydrogen-bond acceptors (Lipinski definition) is 6. The minimum Gasteiger partial charge on any atom is -0.467 e. The predicted molar refractivity (Wildman–Crippen MR) is 87.3 cm³/mol. The number of esters is 1. The first-order chi connectivity index (χ1) is 11.1. The number of benzene rings is 1. The zero-order valence-electron chi connectivity index (χ0n) is 14.4. The van der Waals surface area contributed by atoms with Crippen LogP contribution in [-0.2, 0) is 20.7 Å². The van der Waals surface area contributed by atoms with Crippen molar-refractivity contribution in [3.05, 3.63) is 35.9 Å². The zero-order chi connectivity index (χ0) is 18.3. The third-order valence-corrected chi connectivity index (χ3v) is 3.18. The van der Waals surface area contributed by atoms with Gasteiger partial charge in [0.05, 0.1) is 13.2 Å². The molecule has 1 aromatic carbocycles. The van der Waals surface area contributed by atoms with E-state index in [-0.39, 0.29) is 6.42 Å². The van der Waals surface area contributed by atoms with E-state index in [1.165, 1.54) is 0 Å². The quantitative estimate of drug-likeness (QED) is 0.668. The van der Waals surface area contributed by atoms with Crippen LogP contribution in [0.5, 0.6) is 0 Å². The van der Waals surface area contributed by atoms with E-state index in [0.717, 1.165) is 12.7 Å². The molecular formula is C17H25NO6. The highest BCUT2D eigenvalue weighted by atomic mass is 16.6. The SMILES string of the molecule is COC(=O)[C@H](O)[C@@H](O)[C@H](Cc1ccccc1)NC(=O)OC(C)(C)C. The number of ether oxygens (including phenoxy) is 2. The number of aliphatic hydroxyl groups is 2. The van der Waals surface area contributed by atoms with E-state index in [0.29, 0.717) is 0 Å². The fourth-order valence-electron chi connectivity index (χ4n) is 2.06. The molecule has 1 aromatic rings. The molecule has 1 amide bonds. The van der Waals surface area contributed by atoms with Gasteiger partial charge in [0.25, 0.3) is 0 Å². The van der Waals surface area contributed by atoms with Crippen molar-refractivity contribution >= 4 is 12.1 Å². The van der Waals surface area contributed by atoms with Crippen molar-refractivity contribution in [3.8, 4) is 0 Å². The Kier molecular flexibility index (Phi) is 7.18. The van der Waals surface area contributed by atoms with E-state index in [1.54, 1.807) is 32.9 Å². The van der Waals surface area contributed by atoms with Gasteiger partial charge < -0.3 is 25.0 Å². The van der Waals surface area contributed by atoms with Crippen LogP contribution in [0.4, 0.5) is 4.79 Å². The van der Waals surface area contributed by atoms with Gasteiger partial charge in [-0.05, 0) is 32.8 Å². The molecule has 0 aliphatic carbocycles. The van der Waals surface area contributed by atoms with Crippen molar-refractivity contribution in [1.82, 2.24) is 5.32 Å². The molecule has 0 radical (unpaired) electrons. The third-order valence-electron chi connectivity index (χ3n) is 3.18. The molecule has 0 saturated carbocycles. The van der Waals surface area contributed by atoms with E-state index in [2.05, 4.69) is 10.1 Å². The van der Waals surface area contributed by atoms with E-state index >= 15 is 0 Å². The maximum atomic E-state index is 12.0. The molecular weight excluding hydrogens is 314 g/mol. The molecule has 0 fully saturated rings. The van der Waals surface area contributed by atoms with Crippen LogP contribution in [0.25, 0.3) is 0 Å². The number of nitrogens with one attached hydrogen (secondary N) is 1. The van der Waals surface area contributed by atoms with Gasteiger partial charge in [-0.15, -0.1) is 0 Å². The van der Waals surface area contributed by atoms with Gasteiger partial charge in [0.15, 0.2) is 6.10 Å². The predicted octanol–water partition coefficient (Wildman–Crippen LogP) is 1.02. The maximum Gasteiger partial charge on any atom is 0.407 e. The first kappa shape index (κ1) is 19.9. The van der Waals surface area contributed by atoms with Crippen LogP contribution in [0.15, 0.2) is 30.3 Å². The molecule has 0 saturated heterocycles. The summed E-state index contributed by atoms with van der Waals surface area (Å²) in [4.78, 5) is 23.4. The Morgan fingerprint density at radius 1 is 1.17 bits per heavy atom. The van der Waals surface area contributed by atoms with Crippen molar-refractivity contribution in [2.24, 2.45) is 0 Å². The molecule has 3 N–H and O–H groups in total. The highest BCUT2D eigenvalue weighted by molar-refractivity contribution is 5.75. The van der Waals surface area contributed by atoms with Crippen LogP contribution in [0.1, 0.15) is 26.3 Å². The lowest BCUT2D eigenvalue weighted by atomic mass is 9.98. The van der Waals surface area contributed by atoms with Crippen molar-refractivity contribution < 1.29 is 29.3 Å². The van der Waals surface area contributed by atoms with Gasteiger partial charge in [-0.25, -0.2) is 9.59 Å². The van der Waals surface area contributed by atoms with Gasteiger partial charge in [0.1, 0.15) is 11.7 Å². The zero-order valence-corrected chi connectivity index (χ0v) is 14.4. The normalized spacial score (nSPS) is 15.1. The van der Waals surface area contributed by atoms with E-state index in [1.807, 2.05) is 18.2 Å². The number of rotatable bonds is 6. The summed E-state index contributed by atoms with van der Waals surface area (Å²) in [7, 11) is 1.10. The number of methoxy groups -OCH3 is 1.